The summed E-state index contributed by atoms with van der Waals surface area (Å²) >= 11 is 0. The molecule has 0 aliphatic carbocycles. The van der Waals surface area contributed by atoms with Gasteiger partial charge in [0.15, 0.2) is 0 Å². The molecule has 1 aliphatic heterocycles. The van der Waals surface area contributed by atoms with Crippen LogP contribution >= 0.6 is 0 Å². The molecule has 86 valence electrons. The molecule has 2 N–H and O–H groups in total. The minimum atomic E-state index is -0.766. The zero-order chi connectivity index (χ0) is 11.9. The molecule has 1 atom stereocenters. The summed E-state index contributed by atoms with van der Waals surface area (Å²) in [7, 11) is 0. The zero-order valence-electron chi connectivity index (χ0n) is 10.1. The molecule has 3 amide bonds. The van der Waals surface area contributed by atoms with Crippen molar-refractivity contribution in [3.63, 3.8) is 0 Å². The van der Waals surface area contributed by atoms with Crippen LogP contribution in [0.4, 0.5) is 4.79 Å². The van der Waals surface area contributed by atoms with Crippen molar-refractivity contribution < 1.29 is 9.59 Å². The molecule has 1 aliphatic rings. The number of imide groups is 1. The molecule has 0 saturated carbocycles. The van der Waals surface area contributed by atoms with E-state index in [0.717, 1.165) is 0 Å². The highest BCUT2D eigenvalue weighted by Gasteiger charge is 2.54. The lowest BCUT2D eigenvalue weighted by Crippen LogP contribution is -2.57. The molecular weight excluding hydrogens is 192 g/mol. The highest BCUT2D eigenvalue weighted by Crippen LogP contribution is 2.37. The van der Waals surface area contributed by atoms with Crippen molar-refractivity contribution in [3.8, 4) is 0 Å². The number of hydrogen-bond acceptors (Lipinski definition) is 2. The summed E-state index contributed by atoms with van der Waals surface area (Å²) in [5.74, 6) is 0.155. The second-order valence-corrected chi connectivity index (χ2v) is 5.66. The van der Waals surface area contributed by atoms with E-state index < -0.39 is 5.54 Å². The molecule has 0 aromatic heterocycles. The van der Waals surface area contributed by atoms with Gasteiger partial charge in [-0.3, -0.25) is 10.1 Å². The third-order valence-corrected chi connectivity index (χ3v) is 2.94. The van der Waals surface area contributed by atoms with Crippen molar-refractivity contribution in [2.75, 3.05) is 0 Å². The predicted molar refractivity (Wildman–Crippen MR) is 58.3 cm³/mol. The van der Waals surface area contributed by atoms with Crippen molar-refractivity contribution in [2.45, 2.75) is 46.6 Å². The quantitative estimate of drug-likeness (QED) is 0.684. The Labute approximate surface area is 90.8 Å². The summed E-state index contributed by atoms with van der Waals surface area (Å²) in [5, 5.41) is 5.12. The monoisotopic (exact) mass is 212 g/mol. The maximum atomic E-state index is 11.9. The normalized spacial score (nSPS) is 26.8. The molecule has 0 spiro atoms. The number of urea groups is 1. The number of carbonyl (C=O) groups is 2. The minimum absolute atomic E-state index is 0.200. The largest absolute Gasteiger partial charge is 0.323 e. The molecule has 0 bridgehead atoms. The summed E-state index contributed by atoms with van der Waals surface area (Å²) in [4.78, 5) is 23.1. The Kier molecular flexibility index (Phi) is 2.81. The van der Waals surface area contributed by atoms with E-state index in [1.807, 2.05) is 34.6 Å². The second kappa shape index (κ2) is 3.51. The Balaban J connectivity index is 3.08. The molecular formula is C11H20N2O2. The van der Waals surface area contributed by atoms with Gasteiger partial charge in [0.1, 0.15) is 5.54 Å². The summed E-state index contributed by atoms with van der Waals surface area (Å²) in [6, 6.07) is -0.379. The second-order valence-electron chi connectivity index (χ2n) is 5.66. The van der Waals surface area contributed by atoms with Crippen LogP contribution < -0.4 is 10.6 Å². The smallest absolute Gasteiger partial charge is 0.322 e. The standard InChI is InChI=1S/C11H20N2O2/c1-7(2)6-11(10(3,4)5)8(14)12-9(15)13-11/h7H,6H2,1-5H3,(H2,12,13,14,15). The van der Waals surface area contributed by atoms with Crippen LogP contribution in [0, 0.1) is 11.3 Å². The fourth-order valence-corrected chi connectivity index (χ4v) is 2.08. The van der Waals surface area contributed by atoms with Crippen LogP contribution in [0.1, 0.15) is 41.0 Å². The van der Waals surface area contributed by atoms with Gasteiger partial charge in [-0.1, -0.05) is 34.6 Å². The van der Waals surface area contributed by atoms with Gasteiger partial charge >= 0.3 is 6.03 Å². The van der Waals surface area contributed by atoms with Gasteiger partial charge in [-0.25, -0.2) is 4.79 Å². The third kappa shape index (κ3) is 1.98. The molecule has 1 heterocycles. The molecule has 1 unspecified atom stereocenters. The van der Waals surface area contributed by atoms with Crippen LogP contribution in [-0.2, 0) is 4.79 Å². The fraction of sp³-hybridized carbons (Fsp3) is 0.818. The van der Waals surface area contributed by atoms with Crippen LogP contribution in [0.25, 0.3) is 0 Å². The first-order valence-corrected chi connectivity index (χ1v) is 5.32. The van der Waals surface area contributed by atoms with Gasteiger partial charge in [0.2, 0.25) is 0 Å². The first-order chi connectivity index (χ1) is 6.69. The van der Waals surface area contributed by atoms with E-state index in [-0.39, 0.29) is 17.4 Å². The van der Waals surface area contributed by atoms with E-state index in [9.17, 15) is 9.59 Å². The van der Waals surface area contributed by atoms with E-state index in [1.165, 1.54) is 0 Å². The Morgan fingerprint density at radius 2 is 1.80 bits per heavy atom. The topological polar surface area (TPSA) is 58.2 Å². The van der Waals surface area contributed by atoms with Crippen LogP contribution in [0.15, 0.2) is 0 Å². The molecule has 4 nitrogen and oxygen atoms in total. The summed E-state index contributed by atoms with van der Waals surface area (Å²) in [6.45, 7) is 10.0. The summed E-state index contributed by atoms with van der Waals surface area (Å²) in [5.41, 5.74) is -1.05. The SMILES string of the molecule is CC(C)CC1(C(C)(C)C)NC(=O)NC1=O. The van der Waals surface area contributed by atoms with Crippen molar-refractivity contribution in [2.24, 2.45) is 11.3 Å². The first-order valence-electron chi connectivity index (χ1n) is 5.32. The number of hydrogen-bond donors (Lipinski definition) is 2. The van der Waals surface area contributed by atoms with E-state index in [4.69, 9.17) is 0 Å². The average molecular weight is 212 g/mol. The Morgan fingerprint density at radius 1 is 1.27 bits per heavy atom. The molecule has 1 fully saturated rings. The van der Waals surface area contributed by atoms with Crippen molar-refractivity contribution >= 4 is 11.9 Å². The van der Waals surface area contributed by atoms with Gasteiger partial charge in [0.05, 0.1) is 0 Å². The summed E-state index contributed by atoms with van der Waals surface area (Å²) < 4.78 is 0. The van der Waals surface area contributed by atoms with E-state index in [0.29, 0.717) is 12.3 Å². The highest BCUT2D eigenvalue weighted by molar-refractivity contribution is 6.07. The Bertz CT molecular complexity index is 291. The van der Waals surface area contributed by atoms with Crippen molar-refractivity contribution in [1.82, 2.24) is 10.6 Å². The average Bonchev–Trinajstić information content (AvgIpc) is 2.24. The molecule has 1 saturated heterocycles. The molecule has 4 heteroatoms. The highest BCUT2D eigenvalue weighted by atomic mass is 16.2. The molecule has 0 radical (unpaired) electrons. The number of nitrogens with one attached hydrogen (secondary N) is 2. The maximum absolute atomic E-state index is 11.9. The van der Waals surface area contributed by atoms with E-state index >= 15 is 0 Å². The van der Waals surface area contributed by atoms with Crippen LogP contribution in [0.2, 0.25) is 0 Å². The minimum Gasteiger partial charge on any atom is -0.323 e. The molecule has 1 rings (SSSR count). The van der Waals surface area contributed by atoms with Gasteiger partial charge in [0, 0.05) is 0 Å². The number of carbonyl (C=O) groups excluding carboxylic acids is 2. The fourth-order valence-electron chi connectivity index (χ4n) is 2.08. The predicted octanol–water partition coefficient (Wildman–Crippen LogP) is 1.66. The van der Waals surface area contributed by atoms with Crippen molar-refractivity contribution in [3.05, 3.63) is 0 Å². The zero-order valence-corrected chi connectivity index (χ0v) is 10.1. The number of amides is 3. The lowest BCUT2D eigenvalue weighted by atomic mass is 9.69. The van der Waals surface area contributed by atoms with Crippen LogP contribution in [0.5, 0.6) is 0 Å². The first kappa shape index (κ1) is 12.0. The molecule has 0 aromatic rings. The van der Waals surface area contributed by atoms with Crippen LogP contribution in [0.3, 0.4) is 0 Å². The van der Waals surface area contributed by atoms with E-state index in [1.54, 1.807) is 0 Å². The Hall–Kier alpha value is -1.06. The summed E-state index contributed by atoms with van der Waals surface area (Å²) in [6.07, 6.45) is 0.661. The van der Waals surface area contributed by atoms with Gasteiger partial charge in [-0.15, -0.1) is 0 Å². The Morgan fingerprint density at radius 3 is 2.07 bits per heavy atom. The maximum Gasteiger partial charge on any atom is 0.322 e. The number of rotatable bonds is 2. The lowest BCUT2D eigenvalue weighted by Gasteiger charge is -2.40. The van der Waals surface area contributed by atoms with Crippen molar-refractivity contribution in [1.29, 1.82) is 0 Å². The third-order valence-electron chi connectivity index (χ3n) is 2.94. The van der Waals surface area contributed by atoms with Crippen LogP contribution in [-0.4, -0.2) is 17.5 Å². The lowest BCUT2D eigenvalue weighted by molar-refractivity contribution is -0.128. The van der Waals surface area contributed by atoms with Gasteiger partial charge < -0.3 is 5.32 Å². The van der Waals surface area contributed by atoms with Gasteiger partial charge in [-0.05, 0) is 17.8 Å². The molecule has 0 aromatic carbocycles. The van der Waals surface area contributed by atoms with Gasteiger partial charge in [0.25, 0.3) is 5.91 Å². The molecule has 15 heavy (non-hydrogen) atoms. The van der Waals surface area contributed by atoms with Gasteiger partial charge in [-0.2, -0.15) is 0 Å². The van der Waals surface area contributed by atoms with E-state index in [2.05, 4.69) is 10.6 Å².